The maximum Gasteiger partial charge on any atom is 0.192 e. The molecule has 102 valence electrons. The van der Waals surface area contributed by atoms with Crippen LogP contribution in [-0.4, -0.2) is 15.0 Å². The zero-order valence-electron chi connectivity index (χ0n) is 11.5. The molecule has 0 aliphatic heterocycles. The van der Waals surface area contributed by atoms with Crippen LogP contribution in [0.1, 0.15) is 11.8 Å². The summed E-state index contributed by atoms with van der Waals surface area (Å²) in [6, 6.07) is 8.08. The van der Waals surface area contributed by atoms with Crippen LogP contribution in [0.4, 0.5) is 0 Å². The van der Waals surface area contributed by atoms with Gasteiger partial charge >= 0.3 is 0 Å². The molecule has 0 radical (unpaired) electrons. The average molecular weight is 277 g/mol. The van der Waals surface area contributed by atoms with Crippen LogP contribution in [0.15, 0.2) is 33.1 Å². The maximum atomic E-state index is 5.63. The topological polar surface area (TPSA) is 67.8 Å². The Kier molecular flexibility index (Phi) is 1.78. The van der Waals surface area contributed by atoms with Crippen molar-refractivity contribution >= 4 is 44.0 Å². The van der Waals surface area contributed by atoms with Crippen LogP contribution in [0.3, 0.4) is 0 Å². The minimum absolute atomic E-state index is 0.676. The monoisotopic (exact) mass is 277 g/mol. The molecule has 0 fully saturated rings. The van der Waals surface area contributed by atoms with Gasteiger partial charge in [-0.3, -0.25) is 0 Å². The second kappa shape index (κ2) is 3.44. The minimum atomic E-state index is 0.676. The summed E-state index contributed by atoms with van der Waals surface area (Å²) < 4.78 is 11.3. The van der Waals surface area contributed by atoms with E-state index in [0.717, 1.165) is 44.0 Å². The van der Waals surface area contributed by atoms with Gasteiger partial charge in [-0.05, 0) is 24.3 Å². The van der Waals surface area contributed by atoms with Crippen molar-refractivity contribution in [3.63, 3.8) is 0 Å². The number of fused-ring (bicyclic) bond motifs is 5. The minimum Gasteiger partial charge on any atom is -0.441 e. The first-order valence-electron chi connectivity index (χ1n) is 6.77. The van der Waals surface area contributed by atoms with Gasteiger partial charge in [-0.25, -0.2) is 9.97 Å². The van der Waals surface area contributed by atoms with Gasteiger partial charge in [0.2, 0.25) is 0 Å². The molecule has 3 aromatic heterocycles. The lowest BCUT2D eigenvalue weighted by molar-refractivity contribution is 0.560. The third-order valence-corrected chi connectivity index (χ3v) is 3.83. The van der Waals surface area contributed by atoms with E-state index in [9.17, 15) is 0 Å². The van der Waals surface area contributed by atoms with E-state index in [4.69, 9.17) is 8.83 Å². The first-order valence-corrected chi connectivity index (χ1v) is 6.77. The lowest BCUT2D eigenvalue weighted by Gasteiger charge is -1.91. The van der Waals surface area contributed by atoms with Crippen LogP contribution in [0.2, 0.25) is 0 Å². The second-order valence-electron chi connectivity index (χ2n) is 5.32. The number of aromatic amines is 1. The number of aryl methyl sites for hydroxylation is 2. The number of oxazole rings is 2. The van der Waals surface area contributed by atoms with Crippen molar-refractivity contribution in [3.8, 4) is 0 Å². The number of aromatic nitrogens is 3. The van der Waals surface area contributed by atoms with E-state index in [1.165, 1.54) is 0 Å². The van der Waals surface area contributed by atoms with Gasteiger partial charge in [-0.2, -0.15) is 0 Å². The fourth-order valence-corrected chi connectivity index (χ4v) is 2.98. The molecule has 0 bridgehead atoms. The number of benzene rings is 2. The molecule has 21 heavy (non-hydrogen) atoms. The van der Waals surface area contributed by atoms with Gasteiger partial charge in [0.1, 0.15) is 11.0 Å². The maximum absolute atomic E-state index is 5.63. The van der Waals surface area contributed by atoms with Gasteiger partial charge in [0.05, 0.1) is 0 Å². The highest BCUT2D eigenvalue weighted by Gasteiger charge is 2.12. The van der Waals surface area contributed by atoms with E-state index in [1.807, 2.05) is 38.1 Å². The quantitative estimate of drug-likeness (QED) is 0.460. The molecule has 5 nitrogen and oxygen atoms in total. The molecular weight excluding hydrogens is 266 g/mol. The lowest BCUT2D eigenvalue weighted by Crippen LogP contribution is -1.70. The van der Waals surface area contributed by atoms with E-state index < -0.39 is 0 Å². The second-order valence-corrected chi connectivity index (χ2v) is 5.32. The van der Waals surface area contributed by atoms with E-state index in [0.29, 0.717) is 11.8 Å². The highest BCUT2D eigenvalue weighted by molar-refractivity contribution is 6.13. The summed E-state index contributed by atoms with van der Waals surface area (Å²) >= 11 is 0. The Bertz CT molecular complexity index is 1070. The number of hydrogen-bond donors (Lipinski definition) is 1. The zero-order chi connectivity index (χ0) is 14.1. The summed E-state index contributed by atoms with van der Waals surface area (Å²) in [6.45, 7) is 3.71. The predicted molar refractivity (Wildman–Crippen MR) is 80.4 cm³/mol. The molecule has 0 saturated heterocycles. The van der Waals surface area contributed by atoms with E-state index in [1.54, 1.807) is 0 Å². The van der Waals surface area contributed by atoms with Crippen molar-refractivity contribution < 1.29 is 8.83 Å². The Balaban J connectivity index is 1.97. The molecule has 0 aliphatic rings. The first-order chi connectivity index (χ1) is 10.2. The highest BCUT2D eigenvalue weighted by Crippen LogP contribution is 2.32. The van der Waals surface area contributed by atoms with Crippen molar-refractivity contribution in [1.82, 2.24) is 15.0 Å². The number of rotatable bonds is 0. The summed E-state index contributed by atoms with van der Waals surface area (Å²) in [6.07, 6.45) is 0. The lowest BCUT2D eigenvalue weighted by atomic mass is 10.1. The standard InChI is InChI=1S/C16H11N3O2/c1-7-17-13-5-11-9(3-15(13)20-7)10-4-16-14(6-12(10)19-11)18-8(2)21-16/h3-6,19H,1-2H3. The van der Waals surface area contributed by atoms with Gasteiger partial charge < -0.3 is 13.8 Å². The number of H-pyrrole nitrogens is 1. The Morgan fingerprint density at radius 3 is 1.71 bits per heavy atom. The molecule has 0 spiro atoms. The smallest absolute Gasteiger partial charge is 0.192 e. The first kappa shape index (κ1) is 10.9. The van der Waals surface area contributed by atoms with Crippen molar-refractivity contribution in [2.45, 2.75) is 13.8 Å². The summed E-state index contributed by atoms with van der Waals surface area (Å²) in [5.74, 6) is 1.35. The SMILES string of the molecule is Cc1nc2cc3[nH]c4cc5nc(C)oc5cc4c3cc2o1. The fourth-order valence-electron chi connectivity index (χ4n) is 2.98. The molecular formula is C16H11N3O2. The van der Waals surface area contributed by atoms with Gasteiger partial charge in [0.15, 0.2) is 22.9 Å². The summed E-state index contributed by atoms with van der Waals surface area (Å²) in [5.41, 5.74) is 5.41. The van der Waals surface area contributed by atoms with Crippen LogP contribution in [0.25, 0.3) is 44.0 Å². The highest BCUT2D eigenvalue weighted by atomic mass is 16.3. The Morgan fingerprint density at radius 2 is 1.24 bits per heavy atom. The summed E-state index contributed by atoms with van der Waals surface area (Å²) in [7, 11) is 0. The molecule has 0 saturated carbocycles. The summed E-state index contributed by atoms with van der Waals surface area (Å²) in [5, 5.41) is 2.20. The average Bonchev–Trinajstić information content (AvgIpc) is 3.05. The molecule has 0 unspecified atom stereocenters. The zero-order valence-corrected chi connectivity index (χ0v) is 11.5. The third-order valence-electron chi connectivity index (χ3n) is 3.83. The van der Waals surface area contributed by atoms with Crippen LogP contribution >= 0.6 is 0 Å². The van der Waals surface area contributed by atoms with E-state index in [2.05, 4.69) is 15.0 Å². The van der Waals surface area contributed by atoms with Gasteiger partial charge in [-0.1, -0.05) is 0 Å². The number of nitrogens with one attached hydrogen (secondary N) is 1. The number of nitrogens with zero attached hydrogens (tertiary/aromatic N) is 2. The molecule has 5 heteroatoms. The van der Waals surface area contributed by atoms with Crippen molar-refractivity contribution in [2.24, 2.45) is 0 Å². The fraction of sp³-hybridized carbons (Fsp3) is 0.125. The Morgan fingerprint density at radius 1 is 0.762 bits per heavy atom. The van der Waals surface area contributed by atoms with Crippen molar-refractivity contribution in [3.05, 3.63) is 36.0 Å². The van der Waals surface area contributed by atoms with Crippen molar-refractivity contribution in [2.75, 3.05) is 0 Å². The van der Waals surface area contributed by atoms with Crippen LogP contribution in [0, 0.1) is 13.8 Å². The van der Waals surface area contributed by atoms with Gasteiger partial charge in [0, 0.05) is 35.7 Å². The van der Waals surface area contributed by atoms with Gasteiger partial charge in [-0.15, -0.1) is 0 Å². The molecule has 0 atom stereocenters. The molecule has 5 rings (SSSR count). The summed E-state index contributed by atoms with van der Waals surface area (Å²) in [4.78, 5) is 12.2. The Labute approximate surface area is 118 Å². The predicted octanol–water partition coefficient (Wildman–Crippen LogP) is 4.22. The third kappa shape index (κ3) is 1.40. The van der Waals surface area contributed by atoms with Crippen LogP contribution < -0.4 is 0 Å². The van der Waals surface area contributed by atoms with Crippen LogP contribution in [0.5, 0.6) is 0 Å². The molecule has 5 aromatic rings. The largest absolute Gasteiger partial charge is 0.441 e. The van der Waals surface area contributed by atoms with E-state index in [-0.39, 0.29) is 0 Å². The molecule has 3 heterocycles. The Hall–Kier alpha value is -2.82. The van der Waals surface area contributed by atoms with E-state index >= 15 is 0 Å². The van der Waals surface area contributed by atoms with Crippen LogP contribution in [-0.2, 0) is 0 Å². The molecule has 2 aromatic carbocycles. The number of hydrogen-bond acceptors (Lipinski definition) is 4. The molecule has 1 N–H and O–H groups in total. The molecule has 0 aliphatic carbocycles. The van der Waals surface area contributed by atoms with Crippen molar-refractivity contribution in [1.29, 1.82) is 0 Å². The normalized spacial score (nSPS) is 12.3. The molecule has 0 amide bonds. The van der Waals surface area contributed by atoms with Gasteiger partial charge in [0.25, 0.3) is 0 Å².